The number of nitrogens with zero attached hydrogens (tertiary/aromatic N) is 2. The predicted octanol–water partition coefficient (Wildman–Crippen LogP) is 4.98. The summed E-state index contributed by atoms with van der Waals surface area (Å²) in [5.74, 6) is -0.153. The van der Waals surface area contributed by atoms with E-state index in [0.717, 1.165) is 26.5 Å². The number of carbonyl (C=O) groups excluding carboxylic acids is 1. The molecule has 2 heterocycles. The normalized spacial score (nSPS) is 10.9. The average Bonchev–Trinajstić information content (AvgIpc) is 3.21. The number of hydrogen-bond acceptors (Lipinski definition) is 5. The topological polar surface area (TPSA) is 54.9 Å². The number of hydrogen-bond donors (Lipinski definition) is 1. The molecule has 0 unspecified atom stereocenters. The number of thiazole rings is 2. The van der Waals surface area contributed by atoms with Crippen LogP contribution in [0.4, 0.5) is 5.13 Å². The van der Waals surface area contributed by atoms with Crippen molar-refractivity contribution < 1.29 is 4.79 Å². The Morgan fingerprint density at radius 3 is 2.62 bits per heavy atom. The SMILES string of the molecule is Cc1ccc(C(=O)Nc2nc(-c3nc4ccccc4s3)cs2)cc1. The first-order chi connectivity index (χ1) is 11.7. The Bertz CT molecular complexity index is 985. The second-order valence-corrected chi connectivity index (χ2v) is 7.23. The van der Waals surface area contributed by atoms with E-state index >= 15 is 0 Å². The molecule has 2 aromatic heterocycles. The molecule has 0 spiro atoms. The molecule has 4 aromatic rings. The predicted molar refractivity (Wildman–Crippen MR) is 99.9 cm³/mol. The number of rotatable bonds is 3. The van der Waals surface area contributed by atoms with Gasteiger partial charge in [0.2, 0.25) is 0 Å². The molecule has 0 aliphatic rings. The van der Waals surface area contributed by atoms with Crippen molar-refractivity contribution in [2.24, 2.45) is 0 Å². The number of amides is 1. The molecular formula is C18H13N3OS2. The third-order valence-electron chi connectivity index (χ3n) is 3.55. The number of aromatic nitrogens is 2. The maximum absolute atomic E-state index is 12.3. The molecule has 0 radical (unpaired) electrons. The Morgan fingerprint density at radius 1 is 1.04 bits per heavy atom. The molecule has 0 saturated carbocycles. The Hall–Kier alpha value is -2.57. The first-order valence-corrected chi connectivity index (χ1v) is 9.08. The minimum Gasteiger partial charge on any atom is -0.298 e. The molecule has 118 valence electrons. The number of benzene rings is 2. The summed E-state index contributed by atoms with van der Waals surface area (Å²) in [4.78, 5) is 21.3. The number of para-hydroxylation sites is 1. The Morgan fingerprint density at radius 2 is 1.83 bits per heavy atom. The molecule has 1 N–H and O–H groups in total. The fourth-order valence-electron chi connectivity index (χ4n) is 2.29. The summed E-state index contributed by atoms with van der Waals surface area (Å²) < 4.78 is 1.13. The molecule has 4 rings (SSSR count). The van der Waals surface area contributed by atoms with Crippen molar-refractivity contribution in [3.8, 4) is 10.7 Å². The fraction of sp³-hybridized carbons (Fsp3) is 0.0556. The molecule has 0 atom stereocenters. The molecular weight excluding hydrogens is 338 g/mol. The fourth-order valence-corrected chi connectivity index (χ4v) is 3.98. The van der Waals surface area contributed by atoms with Gasteiger partial charge in [0, 0.05) is 10.9 Å². The number of anilines is 1. The van der Waals surface area contributed by atoms with Gasteiger partial charge in [-0.1, -0.05) is 29.8 Å². The lowest BCUT2D eigenvalue weighted by atomic mass is 10.1. The third kappa shape index (κ3) is 2.93. The van der Waals surface area contributed by atoms with Crippen molar-refractivity contribution in [3.05, 3.63) is 65.0 Å². The van der Waals surface area contributed by atoms with Gasteiger partial charge in [-0.2, -0.15) is 0 Å². The van der Waals surface area contributed by atoms with E-state index in [2.05, 4.69) is 15.3 Å². The zero-order valence-electron chi connectivity index (χ0n) is 12.8. The monoisotopic (exact) mass is 351 g/mol. The van der Waals surface area contributed by atoms with Crippen molar-refractivity contribution in [2.75, 3.05) is 5.32 Å². The molecule has 24 heavy (non-hydrogen) atoms. The molecule has 0 saturated heterocycles. The highest BCUT2D eigenvalue weighted by atomic mass is 32.1. The van der Waals surface area contributed by atoms with Gasteiger partial charge in [0.1, 0.15) is 10.7 Å². The third-order valence-corrected chi connectivity index (χ3v) is 5.37. The van der Waals surface area contributed by atoms with Crippen LogP contribution < -0.4 is 5.32 Å². The highest BCUT2D eigenvalue weighted by molar-refractivity contribution is 7.22. The highest BCUT2D eigenvalue weighted by Crippen LogP contribution is 2.32. The first-order valence-electron chi connectivity index (χ1n) is 7.38. The zero-order valence-corrected chi connectivity index (χ0v) is 14.4. The van der Waals surface area contributed by atoms with Crippen molar-refractivity contribution in [1.29, 1.82) is 0 Å². The van der Waals surface area contributed by atoms with E-state index in [0.29, 0.717) is 10.7 Å². The van der Waals surface area contributed by atoms with Crippen LogP contribution in [-0.2, 0) is 0 Å². The van der Waals surface area contributed by atoms with Crippen molar-refractivity contribution in [3.63, 3.8) is 0 Å². The van der Waals surface area contributed by atoms with Gasteiger partial charge in [-0.15, -0.1) is 22.7 Å². The van der Waals surface area contributed by atoms with Crippen LogP contribution >= 0.6 is 22.7 Å². The number of aryl methyl sites for hydroxylation is 1. The van der Waals surface area contributed by atoms with Gasteiger partial charge < -0.3 is 0 Å². The van der Waals surface area contributed by atoms with Crippen LogP contribution in [0.1, 0.15) is 15.9 Å². The lowest BCUT2D eigenvalue weighted by molar-refractivity contribution is 0.102. The number of fused-ring (bicyclic) bond motifs is 1. The summed E-state index contributed by atoms with van der Waals surface area (Å²) >= 11 is 3.00. The van der Waals surface area contributed by atoms with Crippen LogP contribution in [-0.4, -0.2) is 15.9 Å². The van der Waals surface area contributed by atoms with E-state index in [4.69, 9.17) is 0 Å². The second kappa shape index (κ2) is 6.14. The summed E-state index contributed by atoms with van der Waals surface area (Å²) in [7, 11) is 0. The van der Waals surface area contributed by atoms with Gasteiger partial charge >= 0.3 is 0 Å². The standard InChI is InChI=1S/C18H13N3OS2/c1-11-6-8-12(9-7-11)16(22)21-18-20-14(10-23-18)17-19-13-4-2-3-5-15(13)24-17/h2-10H,1H3,(H,20,21,22). The van der Waals surface area contributed by atoms with Crippen LogP contribution in [0, 0.1) is 6.92 Å². The first kappa shape index (κ1) is 15.0. The van der Waals surface area contributed by atoms with E-state index in [9.17, 15) is 4.79 Å². The molecule has 0 bridgehead atoms. The van der Waals surface area contributed by atoms with Crippen LogP contribution in [0.3, 0.4) is 0 Å². The van der Waals surface area contributed by atoms with Crippen LogP contribution in [0.5, 0.6) is 0 Å². The van der Waals surface area contributed by atoms with Gasteiger partial charge in [0.15, 0.2) is 5.13 Å². The minimum absolute atomic E-state index is 0.153. The lowest BCUT2D eigenvalue weighted by Crippen LogP contribution is -2.11. The summed E-state index contributed by atoms with van der Waals surface area (Å²) in [6.45, 7) is 1.99. The van der Waals surface area contributed by atoms with Gasteiger partial charge in [-0.25, -0.2) is 9.97 Å². The largest absolute Gasteiger partial charge is 0.298 e. The Labute approximate surface area is 146 Å². The van der Waals surface area contributed by atoms with E-state index in [1.807, 2.05) is 60.8 Å². The smallest absolute Gasteiger partial charge is 0.257 e. The maximum atomic E-state index is 12.3. The number of carbonyl (C=O) groups is 1. The summed E-state index contributed by atoms with van der Waals surface area (Å²) in [5.41, 5.74) is 3.51. The van der Waals surface area contributed by atoms with Crippen LogP contribution in [0.2, 0.25) is 0 Å². The lowest BCUT2D eigenvalue weighted by Gasteiger charge is -2.01. The van der Waals surface area contributed by atoms with E-state index in [1.165, 1.54) is 11.3 Å². The molecule has 1 amide bonds. The van der Waals surface area contributed by atoms with Crippen molar-refractivity contribution >= 4 is 43.9 Å². The van der Waals surface area contributed by atoms with E-state index in [-0.39, 0.29) is 5.91 Å². The maximum Gasteiger partial charge on any atom is 0.257 e. The minimum atomic E-state index is -0.153. The highest BCUT2D eigenvalue weighted by Gasteiger charge is 2.12. The summed E-state index contributed by atoms with van der Waals surface area (Å²) in [6.07, 6.45) is 0. The van der Waals surface area contributed by atoms with Gasteiger partial charge in [-0.05, 0) is 31.2 Å². The Balaban J connectivity index is 1.56. The molecule has 0 aliphatic carbocycles. The molecule has 4 nitrogen and oxygen atoms in total. The molecule has 0 aliphatic heterocycles. The Kier molecular flexibility index (Phi) is 3.84. The molecule has 0 fully saturated rings. The van der Waals surface area contributed by atoms with E-state index < -0.39 is 0 Å². The molecule has 6 heteroatoms. The summed E-state index contributed by atoms with van der Waals surface area (Å²) in [5, 5.41) is 6.21. The zero-order chi connectivity index (χ0) is 16.5. The number of nitrogens with one attached hydrogen (secondary N) is 1. The average molecular weight is 351 g/mol. The van der Waals surface area contributed by atoms with Crippen LogP contribution in [0.15, 0.2) is 53.9 Å². The van der Waals surface area contributed by atoms with Gasteiger partial charge in [-0.3, -0.25) is 10.1 Å². The van der Waals surface area contributed by atoms with Gasteiger partial charge in [0.25, 0.3) is 5.91 Å². The quantitative estimate of drug-likeness (QED) is 0.566. The van der Waals surface area contributed by atoms with Crippen LogP contribution in [0.25, 0.3) is 20.9 Å². The molecule has 2 aromatic carbocycles. The van der Waals surface area contributed by atoms with Gasteiger partial charge in [0.05, 0.1) is 10.2 Å². The summed E-state index contributed by atoms with van der Waals surface area (Å²) in [6, 6.07) is 15.5. The van der Waals surface area contributed by atoms with E-state index in [1.54, 1.807) is 11.3 Å². The van der Waals surface area contributed by atoms with Crippen molar-refractivity contribution in [1.82, 2.24) is 9.97 Å². The second-order valence-electron chi connectivity index (χ2n) is 5.34. The van der Waals surface area contributed by atoms with Crippen molar-refractivity contribution in [2.45, 2.75) is 6.92 Å².